The Morgan fingerprint density at radius 1 is 1.06 bits per heavy atom. The average molecular weight is 719 g/mol. The van der Waals surface area contributed by atoms with Crippen LogP contribution in [0.3, 0.4) is 0 Å². The molecule has 0 saturated carbocycles. The normalized spacial score (nSPS) is 17.2. The van der Waals surface area contributed by atoms with Gasteiger partial charge in [0.15, 0.2) is 34.1 Å². The number of hydrogen-bond donors (Lipinski definition) is 1. The second-order valence-corrected chi connectivity index (χ2v) is 12.5. The molecule has 0 unspecified atom stereocenters. The lowest BCUT2D eigenvalue weighted by Crippen LogP contribution is -2.36. The Labute approximate surface area is 292 Å². The fourth-order valence-corrected chi connectivity index (χ4v) is 6.73. The summed E-state index contributed by atoms with van der Waals surface area (Å²) in [5.74, 6) is -3.01. The van der Waals surface area contributed by atoms with Crippen molar-refractivity contribution >= 4 is 40.4 Å². The summed E-state index contributed by atoms with van der Waals surface area (Å²) in [6, 6.07) is 6.57. The number of aromatic nitrogens is 5. The van der Waals surface area contributed by atoms with E-state index in [1.807, 2.05) is 11.8 Å². The summed E-state index contributed by atoms with van der Waals surface area (Å²) in [5, 5.41) is 5.29. The summed E-state index contributed by atoms with van der Waals surface area (Å²) in [6.07, 6.45) is 7.00. The van der Waals surface area contributed by atoms with Crippen molar-refractivity contribution in [1.82, 2.24) is 30.2 Å². The molecular weight excluding hydrogens is 693 g/mol. The summed E-state index contributed by atoms with van der Waals surface area (Å²) in [6.45, 7) is 1.93. The first-order valence-corrected chi connectivity index (χ1v) is 16.5. The molecule has 16 heteroatoms. The van der Waals surface area contributed by atoms with E-state index < -0.39 is 36.1 Å². The minimum absolute atomic E-state index is 0.0140. The van der Waals surface area contributed by atoms with E-state index in [9.17, 15) is 9.18 Å². The van der Waals surface area contributed by atoms with E-state index in [4.69, 9.17) is 21.1 Å². The van der Waals surface area contributed by atoms with Crippen LogP contribution in [-0.4, -0.2) is 57.0 Å². The highest BCUT2D eigenvalue weighted by Gasteiger charge is 2.35. The minimum atomic E-state index is -1.21. The van der Waals surface area contributed by atoms with Crippen molar-refractivity contribution in [2.45, 2.75) is 25.4 Å². The number of carbonyl (C=O) groups excluding carboxylic acids is 1. The van der Waals surface area contributed by atoms with Crippen molar-refractivity contribution in [3.63, 3.8) is 0 Å². The molecule has 11 nitrogen and oxygen atoms in total. The van der Waals surface area contributed by atoms with Crippen molar-refractivity contribution in [2.24, 2.45) is 4.99 Å². The SMILES string of the molecule is COC(=O)C1=C(COc2cc(N3CCc4nc(-c5ncccn5)ncc4[C@H]3C)cc(F)c2F)NC(c2nccs2)=N[C@H]1c1ccc(F)cc1Cl. The predicted octanol–water partition coefficient (Wildman–Crippen LogP) is 6.18. The molecule has 7 rings (SSSR count). The third-order valence-electron chi connectivity index (χ3n) is 8.28. The molecule has 5 heterocycles. The highest BCUT2D eigenvalue weighted by Crippen LogP contribution is 2.39. The maximum Gasteiger partial charge on any atom is 0.338 e. The van der Waals surface area contributed by atoms with E-state index in [1.54, 1.807) is 36.2 Å². The van der Waals surface area contributed by atoms with Crippen molar-refractivity contribution in [1.29, 1.82) is 0 Å². The van der Waals surface area contributed by atoms with Crippen LogP contribution in [0.15, 0.2) is 82.8 Å². The van der Waals surface area contributed by atoms with Gasteiger partial charge < -0.3 is 19.7 Å². The lowest BCUT2D eigenvalue weighted by Gasteiger charge is -2.36. The second-order valence-electron chi connectivity index (χ2n) is 11.2. The Balaban J connectivity index is 1.20. The molecule has 0 radical (unpaired) electrons. The van der Waals surface area contributed by atoms with E-state index in [2.05, 4.69) is 35.2 Å². The number of rotatable bonds is 8. The maximum absolute atomic E-state index is 15.3. The summed E-state index contributed by atoms with van der Waals surface area (Å²) >= 11 is 7.70. The third kappa shape index (κ3) is 6.36. The van der Waals surface area contributed by atoms with E-state index in [0.717, 1.165) is 23.4 Å². The van der Waals surface area contributed by atoms with E-state index in [1.165, 1.54) is 36.6 Å². The number of ether oxygens (including phenoxy) is 2. The molecule has 5 aromatic rings. The van der Waals surface area contributed by atoms with Gasteiger partial charge in [-0.25, -0.2) is 38.5 Å². The van der Waals surface area contributed by atoms with Crippen LogP contribution in [0.5, 0.6) is 5.75 Å². The summed E-state index contributed by atoms with van der Waals surface area (Å²) in [7, 11) is 1.19. The van der Waals surface area contributed by atoms with Gasteiger partial charge >= 0.3 is 5.97 Å². The molecule has 3 aromatic heterocycles. The lowest BCUT2D eigenvalue weighted by molar-refractivity contribution is -0.136. The highest BCUT2D eigenvalue weighted by atomic mass is 35.5. The molecule has 50 heavy (non-hydrogen) atoms. The molecule has 0 spiro atoms. The van der Waals surface area contributed by atoms with Crippen LogP contribution in [0, 0.1) is 17.5 Å². The van der Waals surface area contributed by atoms with Crippen LogP contribution < -0.4 is 15.0 Å². The molecule has 1 N–H and O–H groups in total. The summed E-state index contributed by atoms with van der Waals surface area (Å²) < 4.78 is 55.5. The zero-order chi connectivity index (χ0) is 34.9. The van der Waals surface area contributed by atoms with Crippen LogP contribution in [0.4, 0.5) is 18.9 Å². The van der Waals surface area contributed by atoms with Gasteiger partial charge in [0, 0.05) is 77.1 Å². The quantitative estimate of drug-likeness (QED) is 0.186. The number of carbonyl (C=O) groups is 1. The van der Waals surface area contributed by atoms with Crippen LogP contribution >= 0.6 is 22.9 Å². The second kappa shape index (κ2) is 13.8. The molecule has 2 aromatic carbocycles. The van der Waals surface area contributed by atoms with E-state index in [-0.39, 0.29) is 33.9 Å². The fraction of sp³-hybridized carbons (Fsp3) is 0.206. The molecule has 2 aliphatic rings. The van der Waals surface area contributed by atoms with Gasteiger partial charge in [-0.2, -0.15) is 4.39 Å². The number of amidine groups is 1. The van der Waals surface area contributed by atoms with Crippen molar-refractivity contribution in [3.05, 3.63) is 122 Å². The number of thiazole rings is 1. The number of fused-ring (bicyclic) bond motifs is 1. The number of nitrogens with zero attached hydrogens (tertiary/aromatic N) is 7. The Morgan fingerprint density at radius 3 is 2.62 bits per heavy atom. The number of nitrogens with one attached hydrogen (secondary N) is 1. The first-order chi connectivity index (χ1) is 24.2. The van der Waals surface area contributed by atoms with Gasteiger partial charge in [0.05, 0.1) is 30.1 Å². The largest absolute Gasteiger partial charge is 0.484 e. The highest BCUT2D eigenvalue weighted by molar-refractivity contribution is 7.11. The van der Waals surface area contributed by atoms with Crippen LogP contribution in [0.2, 0.25) is 5.02 Å². The molecule has 0 amide bonds. The van der Waals surface area contributed by atoms with Crippen molar-refractivity contribution in [2.75, 3.05) is 25.2 Å². The third-order valence-corrected chi connectivity index (χ3v) is 9.39. The molecule has 0 saturated heterocycles. The van der Waals surface area contributed by atoms with Crippen LogP contribution in [0.1, 0.15) is 40.8 Å². The van der Waals surface area contributed by atoms with Crippen molar-refractivity contribution in [3.8, 4) is 17.4 Å². The number of methoxy groups -OCH3 is 1. The van der Waals surface area contributed by atoms with Gasteiger partial charge in [-0.15, -0.1) is 11.3 Å². The molecule has 0 bridgehead atoms. The topological polar surface area (TPSA) is 128 Å². The molecule has 2 atom stereocenters. The number of aliphatic imine (C=N–C) groups is 1. The van der Waals surface area contributed by atoms with Crippen molar-refractivity contribution < 1.29 is 27.4 Å². The Morgan fingerprint density at radius 2 is 1.88 bits per heavy atom. The van der Waals surface area contributed by atoms with Gasteiger partial charge in [-0.3, -0.25) is 4.99 Å². The molecule has 254 valence electrons. The van der Waals surface area contributed by atoms with Gasteiger partial charge in [-0.1, -0.05) is 17.7 Å². The first-order valence-electron chi connectivity index (χ1n) is 15.2. The van der Waals surface area contributed by atoms with Crippen LogP contribution in [-0.2, 0) is 16.0 Å². The standard InChI is InChI=1S/C34H26ClF3N8O3S/c1-17-21-15-42-31(30-39-7-3-8-40-30)43-24(21)6-10-46(17)19-13-23(37)28(38)26(14-19)49-16-25-27(34(47)48-2)29(20-5-4-18(36)12-22(20)35)45-32(44-25)33-41-9-11-50-33/h3-5,7-9,11-15,17,29H,6,10,16H2,1-2H3,(H,44,45)/t17-,29+/m1/s1. The number of halogens is 4. The van der Waals surface area contributed by atoms with E-state index in [0.29, 0.717) is 40.9 Å². The molecule has 2 aliphatic heterocycles. The number of hydrogen-bond acceptors (Lipinski definition) is 12. The lowest BCUT2D eigenvalue weighted by atomic mass is 9.95. The zero-order valence-corrected chi connectivity index (χ0v) is 28.0. The molecule has 0 aliphatic carbocycles. The maximum atomic E-state index is 15.3. The monoisotopic (exact) mass is 718 g/mol. The average Bonchev–Trinajstić information content (AvgIpc) is 3.67. The molecule has 0 fully saturated rings. The smallest absolute Gasteiger partial charge is 0.338 e. The van der Waals surface area contributed by atoms with Gasteiger partial charge in [0.25, 0.3) is 0 Å². The van der Waals surface area contributed by atoms with Gasteiger partial charge in [-0.05, 0) is 25.1 Å². The number of esters is 1. The first kappa shape index (κ1) is 33.1. The number of anilines is 1. The molecular formula is C34H26ClF3N8O3S. The number of benzene rings is 2. The summed E-state index contributed by atoms with van der Waals surface area (Å²) in [4.78, 5) is 41.7. The Kier molecular flexibility index (Phi) is 9.16. The van der Waals surface area contributed by atoms with Crippen LogP contribution in [0.25, 0.3) is 11.6 Å². The van der Waals surface area contributed by atoms with Gasteiger partial charge in [0.1, 0.15) is 18.5 Å². The predicted molar refractivity (Wildman–Crippen MR) is 179 cm³/mol. The van der Waals surface area contributed by atoms with Gasteiger partial charge in [0.2, 0.25) is 5.82 Å². The Hall–Kier alpha value is -5.41. The Bertz CT molecular complexity index is 2150. The van der Waals surface area contributed by atoms with E-state index >= 15 is 8.78 Å². The zero-order valence-electron chi connectivity index (χ0n) is 26.4. The summed E-state index contributed by atoms with van der Waals surface area (Å²) in [5.41, 5.74) is 2.44. The minimum Gasteiger partial charge on any atom is -0.484 e. The fourth-order valence-electron chi connectivity index (χ4n) is 5.87.